The molecule has 0 bridgehead atoms. The zero-order valence-electron chi connectivity index (χ0n) is 14.1. The van der Waals surface area contributed by atoms with Crippen LogP contribution < -0.4 is 5.32 Å². The first-order chi connectivity index (χ1) is 9.87. The summed E-state index contributed by atoms with van der Waals surface area (Å²) < 4.78 is 1.96. The quantitative estimate of drug-likeness (QED) is 0.841. The summed E-state index contributed by atoms with van der Waals surface area (Å²) in [5, 5.41) is 11.8. The van der Waals surface area contributed by atoms with Gasteiger partial charge < -0.3 is 5.32 Å². The largest absolute Gasteiger partial charge is 0.309 e. The third-order valence-corrected chi connectivity index (χ3v) is 4.32. The van der Waals surface area contributed by atoms with E-state index < -0.39 is 0 Å². The number of aromatic nitrogens is 3. The van der Waals surface area contributed by atoms with E-state index in [4.69, 9.17) is 0 Å². The molecule has 1 aliphatic rings. The zero-order chi connectivity index (χ0) is 15.5. The highest BCUT2D eigenvalue weighted by atomic mass is 15.4. The molecule has 1 aromatic rings. The van der Waals surface area contributed by atoms with Crippen LogP contribution in [0.2, 0.25) is 0 Å². The molecule has 1 aromatic heterocycles. The SMILES string of the molecule is CC(C)NCc1cn(CCN2CCN(C)C(C)(C)C2)nn1. The lowest BCUT2D eigenvalue weighted by atomic mass is 10.00. The normalized spacial score (nSPS) is 20.3. The van der Waals surface area contributed by atoms with Crippen molar-refractivity contribution in [2.24, 2.45) is 0 Å². The Morgan fingerprint density at radius 2 is 2.05 bits per heavy atom. The average Bonchev–Trinajstić information content (AvgIpc) is 2.85. The number of hydrogen-bond acceptors (Lipinski definition) is 5. The van der Waals surface area contributed by atoms with E-state index in [0.717, 1.165) is 45.0 Å². The van der Waals surface area contributed by atoms with Gasteiger partial charge >= 0.3 is 0 Å². The predicted molar refractivity (Wildman–Crippen MR) is 85.1 cm³/mol. The second-order valence-electron chi connectivity index (χ2n) is 7.02. The van der Waals surface area contributed by atoms with Crippen molar-refractivity contribution in [3.05, 3.63) is 11.9 Å². The maximum atomic E-state index is 4.22. The third kappa shape index (κ3) is 4.76. The van der Waals surface area contributed by atoms with Gasteiger partial charge in [0.1, 0.15) is 0 Å². The molecule has 2 rings (SSSR count). The smallest absolute Gasteiger partial charge is 0.0964 e. The van der Waals surface area contributed by atoms with Crippen LogP contribution in [0.5, 0.6) is 0 Å². The van der Waals surface area contributed by atoms with Crippen LogP contribution in [0.25, 0.3) is 0 Å². The van der Waals surface area contributed by atoms with Crippen molar-refractivity contribution < 1.29 is 0 Å². The van der Waals surface area contributed by atoms with E-state index in [1.54, 1.807) is 0 Å². The van der Waals surface area contributed by atoms with Crippen LogP contribution in [0.3, 0.4) is 0 Å². The highest BCUT2D eigenvalue weighted by Gasteiger charge is 2.30. The maximum Gasteiger partial charge on any atom is 0.0964 e. The van der Waals surface area contributed by atoms with Gasteiger partial charge in [0.25, 0.3) is 0 Å². The van der Waals surface area contributed by atoms with Gasteiger partial charge in [-0.25, -0.2) is 0 Å². The van der Waals surface area contributed by atoms with Crippen molar-refractivity contribution in [3.63, 3.8) is 0 Å². The summed E-state index contributed by atoms with van der Waals surface area (Å²) in [6.07, 6.45) is 2.05. The first kappa shape index (κ1) is 16.4. The van der Waals surface area contributed by atoms with E-state index >= 15 is 0 Å². The average molecular weight is 294 g/mol. The molecule has 0 amide bonds. The van der Waals surface area contributed by atoms with Crippen LogP contribution in [0, 0.1) is 0 Å². The Kier molecular flexibility index (Phi) is 5.35. The molecule has 2 heterocycles. The standard InChI is InChI=1S/C15H30N6/c1-13(2)16-10-14-11-21(18-17-14)9-8-20-7-6-19(5)15(3,4)12-20/h11,13,16H,6-10,12H2,1-5H3. The second-order valence-corrected chi connectivity index (χ2v) is 7.02. The van der Waals surface area contributed by atoms with Crippen molar-refractivity contribution in [2.45, 2.75) is 52.4 Å². The first-order valence-electron chi connectivity index (χ1n) is 7.93. The van der Waals surface area contributed by atoms with Crippen molar-refractivity contribution in [1.82, 2.24) is 30.1 Å². The molecule has 21 heavy (non-hydrogen) atoms. The van der Waals surface area contributed by atoms with Gasteiger partial charge in [-0.15, -0.1) is 5.10 Å². The van der Waals surface area contributed by atoms with Crippen LogP contribution in [0.4, 0.5) is 0 Å². The Morgan fingerprint density at radius 3 is 2.71 bits per heavy atom. The minimum atomic E-state index is 0.257. The molecule has 1 fully saturated rings. The van der Waals surface area contributed by atoms with E-state index in [1.807, 2.05) is 4.68 Å². The molecule has 1 saturated heterocycles. The fourth-order valence-electron chi connectivity index (χ4n) is 2.61. The molecule has 0 spiro atoms. The lowest BCUT2D eigenvalue weighted by molar-refractivity contribution is 0.0379. The highest BCUT2D eigenvalue weighted by Crippen LogP contribution is 2.18. The van der Waals surface area contributed by atoms with E-state index in [2.05, 4.69) is 66.4 Å². The van der Waals surface area contributed by atoms with Gasteiger partial charge in [0.2, 0.25) is 0 Å². The van der Waals surface area contributed by atoms with Crippen LogP contribution >= 0.6 is 0 Å². The molecule has 0 atom stereocenters. The molecule has 0 radical (unpaired) electrons. The molecular weight excluding hydrogens is 264 g/mol. The number of hydrogen-bond donors (Lipinski definition) is 1. The van der Waals surface area contributed by atoms with Crippen LogP contribution in [-0.2, 0) is 13.1 Å². The lowest BCUT2D eigenvalue weighted by Crippen LogP contribution is -2.57. The van der Waals surface area contributed by atoms with Gasteiger partial charge in [0, 0.05) is 50.5 Å². The summed E-state index contributed by atoms with van der Waals surface area (Å²) in [6.45, 7) is 15.0. The number of nitrogens with zero attached hydrogens (tertiary/aromatic N) is 5. The summed E-state index contributed by atoms with van der Waals surface area (Å²) in [5.74, 6) is 0. The van der Waals surface area contributed by atoms with E-state index in [1.165, 1.54) is 0 Å². The van der Waals surface area contributed by atoms with Crippen LogP contribution in [0.15, 0.2) is 6.20 Å². The number of nitrogens with one attached hydrogen (secondary N) is 1. The molecule has 0 aliphatic carbocycles. The minimum Gasteiger partial charge on any atom is -0.309 e. The molecule has 0 saturated carbocycles. The van der Waals surface area contributed by atoms with Gasteiger partial charge in [0.05, 0.1) is 12.2 Å². The van der Waals surface area contributed by atoms with Crippen molar-refractivity contribution in [2.75, 3.05) is 33.2 Å². The number of piperazine rings is 1. The third-order valence-electron chi connectivity index (χ3n) is 4.32. The minimum absolute atomic E-state index is 0.257. The highest BCUT2D eigenvalue weighted by molar-refractivity contribution is 4.92. The Hall–Kier alpha value is -0.980. The van der Waals surface area contributed by atoms with Crippen LogP contribution in [0.1, 0.15) is 33.4 Å². The van der Waals surface area contributed by atoms with E-state index in [9.17, 15) is 0 Å². The molecule has 6 heteroatoms. The van der Waals surface area contributed by atoms with E-state index in [0.29, 0.717) is 6.04 Å². The van der Waals surface area contributed by atoms with Crippen molar-refractivity contribution >= 4 is 0 Å². The lowest BCUT2D eigenvalue weighted by Gasteiger charge is -2.45. The molecule has 0 unspecified atom stereocenters. The summed E-state index contributed by atoms with van der Waals surface area (Å²) in [4.78, 5) is 4.96. The Morgan fingerprint density at radius 1 is 1.29 bits per heavy atom. The maximum absolute atomic E-state index is 4.22. The molecule has 120 valence electrons. The van der Waals surface area contributed by atoms with E-state index in [-0.39, 0.29) is 5.54 Å². The van der Waals surface area contributed by atoms with Gasteiger partial charge in [-0.05, 0) is 20.9 Å². The Labute approximate surface area is 128 Å². The molecule has 6 nitrogen and oxygen atoms in total. The topological polar surface area (TPSA) is 49.2 Å². The predicted octanol–water partition coefficient (Wildman–Crippen LogP) is 0.802. The summed E-state index contributed by atoms with van der Waals surface area (Å²) in [7, 11) is 2.21. The van der Waals surface area contributed by atoms with Crippen molar-refractivity contribution in [1.29, 1.82) is 0 Å². The number of likely N-dealkylation sites (N-methyl/N-ethyl adjacent to an activating group) is 1. The first-order valence-corrected chi connectivity index (χ1v) is 7.93. The molecule has 0 aromatic carbocycles. The Balaban J connectivity index is 1.78. The number of rotatable bonds is 6. The fraction of sp³-hybridized carbons (Fsp3) is 0.867. The second kappa shape index (κ2) is 6.85. The van der Waals surface area contributed by atoms with Crippen molar-refractivity contribution in [3.8, 4) is 0 Å². The van der Waals surface area contributed by atoms with Gasteiger partial charge in [-0.3, -0.25) is 14.5 Å². The fourth-order valence-corrected chi connectivity index (χ4v) is 2.61. The summed E-state index contributed by atoms with van der Waals surface area (Å²) >= 11 is 0. The van der Waals surface area contributed by atoms with Crippen LogP contribution in [-0.4, -0.2) is 69.6 Å². The summed E-state index contributed by atoms with van der Waals surface area (Å²) in [6, 6.07) is 0.475. The van der Waals surface area contributed by atoms with Gasteiger partial charge in [-0.2, -0.15) is 0 Å². The summed E-state index contributed by atoms with van der Waals surface area (Å²) in [5.41, 5.74) is 1.27. The monoisotopic (exact) mass is 294 g/mol. The zero-order valence-corrected chi connectivity index (χ0v) is 14.1. The van der Waals surface area contributed by atoms with Gasteiger partial charge in [0.15, 0.2) is 0 Å². The molecule has 1 aliphatic heterocycles. The molecule has 1 N–H and O–H groups in total. The van der Waals surface area contributed by atoms with Gasteiger partial charge in [-0.1, -0.05) is 19.1 Å². The Bertz CT molecular complexity index is 439. The molecular formula is C15H30N6.